The highest BCUT2D eigenvalue weighted by atomic mass is 32.2. The van der Waals surface area contributed by atoms with Gasteiger partial charge in [-0.25, -0.2) is 35.5 Å². The summed E-state index contributed by atoms with van der Waals surface area (Å²) < 4.78 is 92.7. The Morgan fingerprint density at radius 2 is 1.35 bits per heavy atom. The molecule has 0 bridgehead atoms. The molecule has 164 valence electrons. The summed E-state index contributed by atoms with van der Waals surface area (Å²) in [6.07, 6.45) is 0. The van der Waals surface area contributed by atoms with Crippen molar-refractivity contribution in [3.8, 4) is 0 Å². The molecular formula is C21H17F5N2O2S. The van der Waals surface area contributed by atoms with E-state index in [1.165, 1.54) is 23.1 Å². The van der Waals surface area contributed by atoms with Gasteiger partial charge in [0.1, 0.15) is 0 Å². The van der Waals surface area contributed by atoms with Crippen LogP contribution in [-0.4, -0.2) is 8.42 Å². The summed E-state index contributed by atoms with van der Waals surface area (Å²) in [5.74, 6) is -10.3. The van der Waals surface area contributed by atoms with Gasteiger partial charge < -0.3 is 4.90 Å². The Morgan fingerprint density at radius 3 is 1.90 bits per heavy atom. The normalized spacial score (nSPS) is 11.6. The molecule has 0 aliphatic carbocycles. The molecule has 0 aromatic heterocycles. The molecule has 0 aliphatic rings. The Kier molecular flexibility index (Phi) is 6.33. The molecule has 0 saturated carbocycles. The van der Waals surface area contributed by atoms with Crippen LogP contribution in [0.3, 0.4) is 0 Å². The first-order chi connectivity index (χ1) is 14.5. The highest BCUT2D eigenvalue weighted by Crippen LogP contribution is 2.28. The zero-order valence-corrected chi connectivity index (χ0v) is 17.0. The zero-order chi connectivity index (χ0) is 22.9. The van der Waals surface area contributed by atoms with Crippen LogP contribution in [0.4, 0.5) is 27.6 Å². The molecule has 3 aromatic rings. The molecule has 0 unspecified atom stereocenters. The number of rotatable bonds is 6. The van der Waals surface area contributed by atoms with E-state index in [0.717, 1.165) is 11.6 Å². The zero-order valence-electron chi connectivity index (χ0n) is 16.2. The third-order valence-electron chi connectivity index (χ3n) is 4.66. The summed E-state index contributed by atoms with van der Waals surface area (Å²) in [4.78, 5) is 1.02. The maximum absolute atomic E-state index is 14.3. The van der Waals surface area contributed by atoms with Gasteiger partial charge in [0, 0.05) is 24.3 Å². The molecule has 0 radical (unpaired) electrons. The first kappa shape index (κ1) is 22.7. The Balaban J connectivity index is 2.11. The predicted octanol–water partition coefficient (Wildman–Crippen LogP) is 4.54. The summed E-state index contributed by atoms with van der Waals surface area (Å²) in [6.45, 7) is 1.13. The lowest BCUT2D eigenvalue weighted by molar-refractivity contribution is 0.369. The summed E-state index contributed by atoms with van der Waals surface area (Å²) in [7, 11) is -4.09. The van der Waals surface area contributed by atoms with E-state index in [4.69, 9.17) is 5.14 Å². The minimum Gasteiger partial charge on any atom is -0.363 e. The number of nitrogens with zero attached hydrogens (tertiary/aromatic N) is 1. The molecule has 3 aromatic carbocycles. The molecule has 0 saturated heterocycles. The predicted molar refractivity (Wildman–Crippen MR) is 105 cm³/mol. The molecule has 31 heavy (non-hydrogen) atoms. The highest BCUT2D eigenvalue weighted by molar-refractivity contribution is 7.89. The van der Waals surface area contributed by atoms with Crippen LogP contribution in [0.25, 0.3) is 0 Å². The van der Waals surface area contributed by atoms with Crippen molar-refractivity contribution >= 4 is 15.7 Å². The van der Waals surface area contributed by atoms with E-state index in [2.05, 4.69) is 0 Å². The Bertz CT molecular complexity index is 1200. The third-order valence-corrected chi connectivity index (χ3v) is 5.57. The van der Waals surface area contributed by atoms with Crippen molar-refractivity contribution in [2.75, 3.05) is 4.90 Å². The van der Waals surface area contributed by atoms with Crippen molar-refractivity contribution in [2.45, 2.75) is 24.9 Å². The van der Waals surface area contributed by atoms with Crippen molar-refractivity contribution in [1.29, 1.82) is 0 Å². The minimum atomic E-state index is -4.09. The lowest BCUT2D eigenvalue weighted by atomic mass is 10.1. The molecule has 0 amide bonds. The van der Waals surface area contributed by atoms with Crippen LogP contribution >= 0.6 is 0 Å². The molecule has 2 N–H and O–H groups in total. The number of nitrogens with two attached hydrogens (primary N) is 1. The van der Waals surface area contributed by atoms with Crippen molar-refractivity contribution in [2.24, 2.45) is 5.14 Å². The third kappa shape index (κ3) is 4.86. The average molecular weight is 456 g/mol. The van der Waals surface area contributed by atoms with Crippen LogP contribution < -0.4 is 10.0 Å². The van der Waals surface area contributed by atoms with E-state index in [0.29, 0.717) is 5.56 Å². The number of benzene rings is 3. The van der Waals surface area contributed by atoms with Gasteiger partial charge in [-0.3, -0.25) is 0 Å². The summed E-state index contributed by atoms with van der Waals surface area (Å²) in [5.41, 5.74) is 0.738. The van der Waals surface area contributed by atoms with Crippen LogP contribution in [0.2, 0.25) is 0 Å². The van der Waals surface area contributed by atoms with E-state index >= 15 is 0 Å². The second-order valence-corrected chi connectivity index (χ2v) is 8.49. The number of anilines is 1. The smallest absolute Gasteiger partial charge is 0.238 e. The van der Waals surface area contributed by atoms with Gasteiger partial charge >= 0.3 is 0 Å². The van der Waals surface area contributed by atoms with Crippen LogP contribution in [0.5, 0.6) is 0 Å². The summed E-state index contributed by atoms with van der Waals surface area (Å²) in [5, 5.41) is 5.15. The quantitative estimate of drug-likeness (QED) is 0.337. The number of halogens is 5. The van der Waals surface area contributed by atoms with Crippen molar-refractivity contribution in [1.82, 2.24) is 0 Å². The first-order valence-corrected chi connectivity index (χ1v) is 10.5. The number of hydrogen-bond donors (Lipinski definition) is 1. The van der Waals surface area contributed by atoms with E-state index in [-0.39, 0.29) is 17.1 Å². The fourth-order valence-electron chi connectivity index (χ4n) is 2.99. The Morgan fingerprint density at radius 1 is 0.806 bits per heavy atom. The van der Waals surface area contributed by atoms with Gasteiger partial charge in [0.15, 0.2) is 23.3 Å². The first-order valence-electron chi connectivity index (χ1n) is 8.92. The van der Waals surface area contributed by atoms with Crippen molar-refractivity contribution < 1.29 is 30.4 Å². The average Bonchev–Trinajstić information content (AvgIpc) is 2.74. The Labute approximate surface area is 175 Å². The summed E-state index contributed by atoms with van der Waals surface area (Å²) in [6, 6.07) is 12.2. The van der Waals surface area contributed by atoms with Crippen molar-refractivity contribution in [3.05, 3.63) is 94.3 Å². The molecule has 0 spiro atoms. The minimum absolute atomic E-state index is 0.00610. The van der Waals surface area contributed by atoms with Gasteiger partial charge in [0.2, 0.25) is 15.8 Å². The maximum atomic E-state index is 14.3. The van der Waals surface area contributed by atoms with Crippen LogP contribution in [-0.2, 0) is 23.1 Å². The molecule has 4 nitrogen and oxygen atoms in total. The summed E-state index contributed by atoms with van der Waals surface area (Å²) >= 11 is 0. The fourth-order valence-corrected chi connectivity index (χ4v) is 3.54. The lowest BCUT2D eigenvalue weighted by Gasteiger charge is -2.26. The van der Waals surface area contributed by atoms with E-state index in [9.17, 15) is 30.4 Å². The lowest BCUT2D eigenvalue weighted by Crippen LogP contribution is -2.25. The second kappa shape index (κ2) is 8.64. The molecule has 0 atom stereocenters. The molecule has 0 fully saturated rings. The molecule has 0 aliphatic heterocycles. The van der Waals surface area contributed by atoms with Crippen LogP contribution in [0.15, 0.2) is 53.4 Å². The second-order valence-electron chi connectivity index (χ2n) is 6.93. The van der Waals surface area contributed by atoms with E-state index in [1.807, 2.05) is 6.92 Å². The van der Waals surface area contributed by atoms with Crippen LogP contribution in [0.1, 0.15) is 16.7 Å². The number of hydrogen-bond acceptors (Lipinski definition) is 3. The van der Waals surface area contributed by atoms with E-state index < -0.39 is 51.2 Å². The monoisotopic (exact) mass is 456 g/mol. The highest BCUT2D eigenvalue weighted by Gasteiger charge is 2.27. The van der Waals surface area contributed by atoms with Gasteiger partial charge in [-0.05, 0) is 30.7 Å². The fraction of sp³-hybridized carbons (Fsp3) is 0.143. The maximum Gasteiger partial charge on any atom is 0.238 e. The molecular weight excluding hydrogens is 439 g/mol. The van der Waals surface area contributed by atoms with Gasteiger partial charge in [0.25, 0.3) is 0 Å². The van der Waals surface area contributed by atoms with Gasteiger partial charge in [-0.2, -0.15) is 0 Å². The van der Waals surface area contributed by atoms with Gasteiger partial charge in [-0.1, -0.05) is 35.9 Å². The van der Waals surface area contributed by atoms with E-state index in [1.54, 1.807) is 24.3 Å². The molecule has 0 heterocycles. The Hall–Kier alpha value is -2.98. The van der Waals surface area contributed by atoms with Crippen molar-refractivity contribution in [3.63, 3.8) is 0 Å². The molecule has 10 heteroatoms. The topological polar surface area (TPSA) is 63.4 Å². The van der Waals surface area contributed by atoms with Gasteiger partial charge in [0.05, 0.1) is 4.90 Å². The largest absolute Gasteiger partial charge is 0.363 e. The van der Waals surface area contributed by atoms with Crippen LogP contribution in [0, 0.1) is 36.0 Å². The number of sulfonamides is 1. The standard InChI is InChI=1S/C21H17F5N2O2S/c1-12-5-7-13(8-6-12)10-28(14-3-2-4-15(9-14)31(27,29)30)11-16-17(22)19(24)21(26)20(25)18(16)23/h2-9H,10-11H2,1H3,(H2,27,29,30). The molecule has 3 rings (SSSR count). The van der Waals surface area contributed by atoms with Gasteiger partial charge in [-0.15, -0.1) is 0 Å². The number of aryl methyl sites for hydroxylation is 1. The SMILES string of the molecule is Cc1ccc(CN(Cc2c(F)c(F)c(F)c(F)c2F)c2cccc(S(N)(=O)=O)c2)cc1. The number of primary sulfonamides is 1.